The van der Waals surface area contributed by atoms with Gasteiger partial charge in [-0.25, -0.2) is 0 Å². The second-order valence-corrected chi connectivity index (χ2v) is 11.2. The van der Waals surface area contributed by atoms with Crippen LogP contribution in [0.4, 0.5) is 0 Å². The number of halogens is 2. The zero-order chi connectivity index (χ0) is 21.0. The normalized spacial score (nSPS) is 17.3. The number of allylic oxidation sites excluding steroid dienone is 2. The molecule has 0 spiro atoms. The summed E-state index contributed by atoms with van der Waals surface area (Å²) in [6.45, 7) is 0. The van der Waals surface area contributed by atoms with Crippen LogP contribution in [0.1, 0.15) is 11.1 Å². The molecule has 0 fully saturated rings. The van der Waals surface area contributed by atoms with Gasteiger partial charge < -0.3 is 0 Å². The molecule has 0 bridgehead atoms. The average Bonchev–Trinajstić information content (AvgIpc) is 2.67. The summed E-state index contributed by atoms with van der Waals surface area (Å²) in [5.41, 5.74) is 2.25. The Bertz CT molecular complexity index is 995. The van der Waals surface area contributed by atoms with E-state index in [9.17, 15) is 14.0 Å². The Morgan fingerprint density at radius 3 is 2.21 bits per heavy atom. The van der Waals surface area contributed by atoms with Crippen LogP contribution in [0, 0.1) is 10.2 Å². The Kier molecular flexibility index (Phi) is 7.05. The van der Waals surface area contributed by atoms with E-state index in [1.807, 2.05) is 48.5 Å². The number of hydrogen-bond donors (Lipinski definition) is 0. The zero-order valence-electron chi connectivity index (χ0n) is 15.6. The van der Waals surface area contributed by atoms with Crippen LogP contribution in [-0.4, -0.2) is 43.7 Å². The van der Waals surface area contributed by atoms with Gasteiger partial charge in [-0.15, -0.1) is 0 Å². The fourth-order valence-electron chi connectivity index (χ4n) is 2.58. The van der Waals surface area contributed by atoms with E-state index in [-0.39, 0.29) is 0 Å². The average molecular weight is 500 g/mol. The van der Waals surface area contributed by atoms with E-state index in [1.54, 1.807) is 43.5 Å². The van der Waals surface area contributed by atoms with Crippen molar-refractivity contribution in [2.45, 2.75) is 0 Å². The van der Waals surface area contributed by atoms with Gasteiger partial charge in [0.25, 0.3) is 0 Å². The zero-order valence-corrected chi connectivity index (χ0v) is 18.8. The SMILES string of the molecule is CN(C)C=NC1=[Se](O[Cl+3]([O-])([O-])[O-])C(c2ccccc2)=CC=C1c1ccc(Cl)cc1. The molecule has 0 saturated carbocycles. The molecule has 1 atom stereocenters. The van der Waals surface area contributed by atoms with Crippen molar-refractivity contribution in [3.63, 3.8) is 0 Å². The van der Waals surface area contributed by atoms with Crippen molar-refractivity contribution in [3.8, 4) is 0 Å². The van der Waals surface area contributed by atoms with Gasteiger partial charge in [0, 0.05) is 0 Å². The van der Waals surface area contributed by atoms with Crippen molar-refractivity contribution in [2.75, 3.05) is 14.1 Å². The first-order chi connectivity index (χ1) is 13.7. The van der Waals surface area contributed by atoms with Crippen molar-refractivity contribution in [1.29, 1.82) is 0 Å². The van der Waals surface area contributed by atoms with Crippen molar-refractivity contribution in [2.24, 2.45) is 4.99 Å². The molecule has 0 amide bonds. The van der Waals surface area contributed by atoms with E-state index in [0.717, 1.165) is 11.1 Å². The monoisotopic (exact) mass is 500 g/mol. The van der Waals surface area contributed by atoms with Crippen molar-refractivity contribution in [1.82, 2.24) is 4.90 Å². The molecule has 1 unspecified atom stereocenters. The molecule has 0 radical (unpaired) electrons. The quantitative estimate of drug-likeness (QED) is 0.329. The van der Waals surface area contributed by atoms with Crippen molar-refractivity contribution < 1.29 is 27.6 Å². The summed E-state index contributed by atoms with van der Waals surface area (Å²) in [7, 11) is -1.04. The maximum absolute atomic E-state index is 11.5. The van der Waals surface area contributed by atoms with Crippen LogP contribution in [0.2, 0.25) is 5.02 Å². The second kappa shape index (κ2) is 9.34. The van der Waals surface area contributed by atoms with E-state index < -0.39 is 24.0 Å². The first kappa shape index (κ1) is 21.9. The Hall–Kier alpha value is -1.80. The van der Waals surface area contributed by atoms with Gasteiger partial charge in [-0.2, -0.15) is 0 Å². The summed E-state index contributed by atoms with van der Waals surface area (Å²) in [6.07, 6.45) is 5.20. The second-order valence-electron chi connectivity index (χ2n) is 6.21. The molecule has 29 heavy (non-hydrogen) atoms. The summed E-state index contributed by atoms with van der Waals surface area (Å²) in [4.78, 5) is 6.22. The van der Waals surface area contributed by atoms with Gasteiger partial charge in [0.1, 0.15) is 0 Å². The maximum atomic E-state index is 11.5. The van der Waals surface area contributed by atoms with Crippen LogP contribution >= 0.6 is 11.6 Å². The molecule has 0 N–H and O–H groups in total. The molecule has 1 aliphatic heterocycles. The summed E-state index contributed by atoms with van der Waals surface area (Å²) in [6, 6.07) is 16.3. The van der Waals surface area contributed by atoms with Gasteiger partial charge in [-0.05, 0) is 0 Å². The molecule has 152 valence electrons. The molecule has 1 aliphatic rings. The Labute approximate surface area is 180 Å². The topological polar surface area (TPSA) is 94.0 Å². The summed E-state index contributed by atoms with van der Waals surface area (Å²) in [5.74, 6) is 0. The number of hydrogen-bond acceptors (Lipinski definition) is 5. The Morgan fingerprint density at radius 2 is 1.62 bits per heavy atom. The minimum absolute atomic E-state index is 0.425. The summed E-state index contributed by atoms with van der Waals surface area (Å²) in [5, 5.41) is 0.577. The third-order valence-electron chi connectivity index (χ3n) is 3.77. The molecule has 2 aromatic rings. The predicted octanol–water partition coefficient (Wildman–Crippen LogP) is 0.567. The Morgan fingerprint density at radius 1 is 0.966 bits per heavy atom. The van der Waals surface area contributed by atoms with Gasteiger partial charge in [0.15, 0.2) is 0 Å². The first-order valence-corrected chi connectivity index (χ1v) is 12.4. The van der Waals surface area contributed by atoms with Gasteiger partial charge in [-0.3, -0.25) is 0 Å². The molecule has 3 rings (SSSR count). The number of benzene rings is 2. The molecule has 0 aromatic heterocycles. The fraction of sp³-hybridized carbons (Fsp3) is 0.100. The number of aliphatic imine (C=N–C) groups is 1. The predicted molar refractivity (Wildman–Crippen MR) is 108 cm³/mol. The van der Waals surface area contributed by atoms with E-state index >= 15 is 0 Å². The summed E-state index contributed by atoms with van der Waals surface area (Å²) >= 11 is 3.20. The van der Waals surface area contributed by atoms with Crippen LogP contribution in [0.15, 0.2) is 71.7 Å². The van der Waals surface area contributed by atoms with Gasteiger partial charge >= 0.3 is 181 Å². The van der Waals surface area contributed by atoms with E-state index in [4.69, 9.17) is 15.0 Å². The third-order valence-corrected chi connectivity index (χ3v) is 9.10. The first-order valence-electron chi connectivity index (χ1n) is 8.41. The third kappa shape index (κ3) is 5.85. The molecule has 6 nitrogen and oxygen atoms in total. The van der Waals surface area contributed by atoms with Crippen LogP contribution < -0.4 is 14.0 Å². The fourth-order valence-corrected chi connectivity index (χ4v) is 7.44. The number of nitrogens with zero attached hydrogens (tertiary/aromatic N) is 2. The molecule has 0 aliphatic carbocycles. The standard InChI is InChI=1S/C20H18Cl2N2O4Se/c1-24(2)14-23-20-18(15-8-10-17(21)11-9-15)12-13-19(16-6-4-3-5-7-16)29(20)28-22(25,26)27/h3-14H,1-2H3. The molecule has 0 saturated heterocycles. The van der Waals surface area contributed by atoms with E-state index in [0.29, 0.717) is 19.6 Å². The minimum atomic E-state index is -4.64. The van der Waals surface area contributed by atoms with Gasteiger partial charge in [-0.1, -0.05) is 0 Å². The van der Waals surface area contributed by atoms with Crippen LogP contribution in [-0.2, 0) is 3.37 Å². The molecule has 2 aromatic carbocycles. The molecular formula is C20H18Cl2N2O4Se. The number of rotatable bonds is 6. The van der Waals surface area contributed by atoms with Crippen LogP contribution in [0.25, 0.3) is 10.0 Å². The molecule has 9 heteroatoms. The molecule has 1 heterocycles. The van der Waals surface area contributed by atoms with E-state index in [1.165, 1.54) is 0 Å². The van der Waals surface area contributed by atoms with E-state index in [2.05, 4.69) is 4.99 Å². The summed E-state index contributed by atoms with van der Waals surface area (Å²) < 4.78 is 40.7. The Balaban J connectivity index is 2.23. The van der Waals surface area contributed by atoms with Crippen molar-refractivity contribution >= 4 is 46.3 Å². The van der Waals surface area contributed by atoms with Gasteiger partial charge in [0.05, 0.1) is 0 Å². The van der Waals surface area contributed by atoms with Crippen molar-refractivity contribution in [3.05, 3.63) is 82.9 Å². The van der Waals surface area contributed by atoms with Crippen LogP contribution in [0.3, 0.4) is 0 Å². The van der Waals surface area contributed by atoms with Gasteiger partial charge in [0.2, 0.25) is 0 Å². The molecular weight excluding hydrogens is 482 g/mol. The van der Waals surface area contributed by atoms with Crippen LogP contribution in [0.5, 0.6) is 0 Å².